The van der Waals surface area contributed by atoms with Crippen LogP contribution >= 0.6 is 11.8 Å². The number of carboxylic acids is 1. The number of benzene rings is 1. The fourth-order valence-corrected chi connectivity index (χ4v) is 3.32. The van der Waals surface area contributed by atoms with Crippen LogP contribution in [0.25, 0.3) is 0 Å². The molecule has 0 unspecified atom stereocenters. The molecule has 0 atom stereocenters. The van der Waals surface area contributed by atoms with Gasteiger partial charge in [-0.3, -0.25) is 4.79 Å². The molecular formula is C16H21NO3S. The molecule has 1 fully saturated rings. The number of thioether (sulfide) groups is 1. The molecule has 5 heteroatoms. The fraction of sp³-hybridized carbons (Fsp3) is 0.500. The second-order valence-electron chi connectivity index (χ2n) is 5.54. The number of hydrogen-bond acceptors (Lipinski definition) is 3. The number of amides is 1. The number of nitrogens with one attached hydrogen (secondary N) is 1. The maximum absolute atomic E-state index is 12.4. The summed E-state index contributed by atoms with van der Waals surface area (Å²) >= 11 is 1.69. The van der Waals surface area contributed by atoms with Crippen LogP contribution in [-0.2, 0) is 10.5 Å². The molecule has 1 saturated carbocycles. The topological polar surface area (TPSA) is 66.4 Å². The standard InChI is InChI=1S/C16H21NO3S/c1-21-11-12-6-5-7-13(10-12)14(18)17-16(15(19)20)8-3-2-4-9-16/h5-7,10H,2-4,8-9,11H2,1H3,(H,17,18)(H,19,20). The average molecular weight is 307 g/mol. The van der Waals surface area contributed by atoms with Gasteiger partial charge in [-0.25, -0.2) is 4.79 Å². The summed E-state index contributed by atoms with van der Waals surface area (Å²) in [4.78, 5) is 24.0. The van der Waals surface area contributed by atoms with Crippen molar-refractivity contribution in [3.05, 3.63) is 35.4 Å². The molecular weight excluding hydrogens is 286 g/mol. The van der Waals surface area contributed by atoms with Crippen LogP contribution in [0.3, 0.4) is 0 Å². The number of carbonyl (C=O) groups excluding carboxylic acids is 1. The summed E-state index contributed by atoms with van der Waals surface area (Å²) in [7, 11) is 0. The van der Waals surface area contributed by atoms with Gasteiger partial charge in [0.05, 0.1) is 0 Å². The minimum Gasteiger partial charge on any atom is -0.480 e. The zero-order valence-corrected chi connectivity index (χ0v) is 13.0. The fourth-order valence-electron chi connectivity index (χ4n) is 2.81. The van der Waals surface area contributed by atoms with E-state index in [9.17, 15) is 14.7 Å². The summed E-state index contributed by atoms with van der Waals surface area (Å²) in [6, 6.07) is 7.39. The van der Waals surface area contributed by atoms with Gasteiger partial charge in [0.2, 0.25) is 0 Å². The quantitative estimate of drug-likeness (QED) is 0.877. The van der Waals surface area contributed by atoms with Crippen LogP contribution in [0.1, 0.15) is 48.0 Å². The highest BCUT2D eigenvalue weighted by Crippen LogP contribution is 2.29. The number of carboxylic acid groups (broad SMARTS) is 1. The lowest BCUT2D eigenvalue weighted by atomic mass is 9.81. The Morgan fingerprint density at radius 2 is 2.00 bits per heavy atom. The summed E-state index contributed by atoms with van der Waals surface area (Å²) in [5, 5.41) is 12.3. The molecule has 0 heterocycles. The molecule has 0 radical (unpaired) electrons. The highest BCUT2D eigenvalue weighted by molar-refractivity contribution is 7.97. The van der Waals surface area contributed by atoms with Crippen molar-refractivity contribution in [2.45, 2.75) is 43.4 Å². The maximum atomic E-state index is 12.4. The van der Waals surface area contributed by atoms with E-state index in [2.05, 4.69) is 5.32 Å². The van der Waals surface area contributed by atoms with Gasteiger partial charge in [0, 0.05) is 11.3 Å². The Balaban J connectivity index is 2.15. The molecule has 1 aliphatic rings. The largest absolute Gasteiger partial charge is 0.480 e. The Bertz CT molecular complexity index is 524. The molecule has 114 valence electrons. The van der Waals surface area contributed by atoms with Gasteiger partial charge in [-0.1, -0.05) is 31.4 Å². The molecule has 1 aliphatic carbocycles. The van der Waals surface area contributed by atoms with Crippen molar-refractivity contribution >= 4 is 23.6 Å². The molecule has 1 aromatic carbocycles. The van der Waals surface area contributed by atoms with Crippen molar-refractivity contribution in [2.75, 3.05) is 6.26 Å². The molecule has 0 spiro atoms. The van der Waals surface area contributed by atoms with Crippen LogP contribution in [0.15, 0.2) is 24.3 Å². The summed E-state index contributed by atoms with van der Waals surface area (Å²) < 4.78 is 0. The highest BCUT2D eigenvalue weighted by Gasteiger charge is 2.41. The second kappa shape index (κ2) is 6.98. The first-order valence-corrected chi connectivity index (χ1v) is 8.60. The Morgan fingerprint density at radius 1 is 1.29 bits per heavy atom. The molecule has 0 aromatic heterocycles. The summed E-state index contributed by atoms with van der Waals surface area (Å²) in [5.41, 5.74) is 0.515. The SMILES string of the molecule is CSCc1cccc(C(=O)NC2(C(=O)O)CCCCC2)c1. The molecule has 4 nitrogen and oxygen atoms in total. The van der Waals surface area contributed by atoms with Gasteiger partial charge in [0.15, 0.2) is 0 Å². The molecule has 21 heavy (non-hydrogen) atoms. The molecule has 0 saturated heterocycles. The van der Waals surface area contributed by atoms with Crippen LogP contribution in [-0.4, -0.2) is 28.8 Å². The third kappa shape index (κ3) is 3.79. The summed E-state index contributed by atoms with van der Waals surface area (Å²) in [6.07, 6.45) is 5.76. The monoisotopic (exact) mass is 307 g/mol. The zero-order valence-electron chi connectivity index (χ0n) is 12.2. The van der Waals surface area contributed by atoms with Gasteiger partial charge in [-0.05, 0) is 36.8 Å². The van der Waals surface area contributed by atoms with Gasteiger partial charge in [-0.2, -0.15) is 11.8 Å². The number of carbonyl (C=O) groups is 2. The molecule has 1 amide bonds. The van der Waals surface area contributed by atoms with Gasteiger partial charge in [0.1, 0.15) is 5.54 Å². The van der Waals surface area contributed by atoms with Crippen LogP contribution in [0.2, 0.25) is 0 Å². The average Bonchev–Trinajstić information content (AvgIpc) is 2.48. The maximum Gasteiger partial charge on any atom is 0.329 e. The van der Waals surface area contributed by atoms with E-state index in [1.54, 1.807) is 17.8 Å². The zero-order chi connectivity index (χ0) is 15.3. The van der Waals surface area contributed by atoms with E-state index in [1.807, 2.05) is 24.5 Å². The van der Waals surface area contributed by atoms with Crippen molar-refractivity contribution in [3.8, 4) is 0 Å². The van der Waals surface area contributed by atoms with Gasteiger partial charge < -0.3 is 10.4 Å². The third-order valence-corrected chi connectivity index (χ3v) is 4.59. The van der Waals surface area contributed by atoms with Crippen molar-refractivity contribution in [3.63, 3.8) is 0 Å². The molecule has 2 N–H and O–H groups in total. The first-order valence-electron chi connectivity index (χ1n) is 7.21. The minimum absolute atomic E-state index is 0.290. The van der Waals surface area contributed by atoms with Gasteiger partial charge in [-0.15, -0.1) is 0 Å². The van der Waals surface area contributed by atoms with E-state index in [0.29, 0.717) is 18.4 Å². The number of aliphatic carboxylic acids is 1. The van der Waals surface area contributed by atoms with E-state index in [-0.39, 0.29) is 5.91 Å². The van der Waals surface area contributed by atoms with Crippen LogP contribution in [0, 0.1) is 0 Å². The molecule has 1 aromatic rings. The van der Waals surface area contributed by atoms with Crippen molar-refractivity contribution in [2.24, 2.45) is 0 Å². The minimum atomic E-state index is -1.09. The first kappa shape index (κ1) is 15.9. The highest BCUT2D eigenvalue weighted by atomic mass is 32.2. The summed E-state index contributed by atoms with van der Waals surface area (Å²) in [6.45, 7) is 0. The Kier molecular flexibility index (Phi) is 5.28. The molecule has 0 bridgehead atoms. The number of hydrogen-bond donors (Lipinski definition) is 2. The second-order valence-corrected chi connectivity index (χ2v) is 6.40. The van der Waals surface area contributed by atoms with Crippen LogP contribution in [0.5, 0.6) is 0 Å². The normalized spacial score (nSPS) is 17.2. The first-order chi connectivity index (χ1) is 10.1. The summed E-state index contributed by atoms with van der Waals surface area (Å²) in [5.74, 6) is -0.372. The van der Waals surface area contributed by atoms with Gasteiger partial charge in [0.25, 0.3) is 5.91 Å². The predicted octanol–water partition coefficient (Wildman–Crippen LogP) is 3.07. The molecule has 0 aliphatic heterocycles. The smallest absolute Gasteiger partial charge is 0.329 e. The lowest BCUT2D eigenvalue weighted by Crippen LogP contribution is -2.55. The van der Waals surface area contributed by atoms with E-state index >= 15 is 0 Å². The molecule has 2 rings (SSSR count). The Morgan fingerprint density at radius 3 is 2.62 bits per heavy atom. The lowest BCUT2D eigenvalue weighted by Gasteiger charge is -2.34. The van der Waals surface area contributed by atoms with E-state index < -0.39 is 11.5 Å². The van der Waals surface area contributed by atoms with E-state index in [1.165, 1.54) is 0 Å². The van der Waals surface area contributed by atoms with Crippen molar-refractivity contribution < 1.29 is 14.7 Å². The Hall–Kier alpha value is -1.49. The van der Waals surface area contributed by atoms with Crippen molar-refractivity contribution in [1.82, 2.24) is 5.32 Å². The van der Waals surface area contributed by atoms with E-state index in [4.69, 9.17) is 0 Å². The Labute approximate surface area is 129 Å². The van der Waals surface area contributed by atoms with Crippen molar-refractivity contribution in [1.29, 1.82) is 0 Å². The number of rotatable bonds is 5. The van der Waals surface area contributed by atoms with Crippen LogP contribution in [0.4, 0.5) is 0 Å². The third-order valence-electron chi connectivity index (χ3n) is 3.97. The predicted molar refractivity (Wildman–Crippen MR) is 84.6 cm³/mol. The van der Waals surface area contributed by atoms with Crippen LogP contribution < -0.4 is 5.32 Å². The van der Waals surface area contributed by atoms with E-state index in [0.717, 1.165) is 30.6 Å². The van der Waals surface area contributed by atoms with Gasteiger partial charge >= 0.3 is 5.97 Å². The lowest BCUT2D eigenvalue weighted by molar-refractivity contribution is -0.145.